The Morgan fingerprint density at radius 1 is 1.00 bits per heavy atom. The van der Waals surface area contributed by atoms with Crippen LogP contribution < -0.4 is 20.3 Å². The Balaban J connectivity index is 1.55. The summed E-state index contributed by atoms with van der Waals surface area (Å²) in [5.74, 6) is -2.11. The van der Waals surface area contributed by atoms with Crippen molar-refractivity contribution in [1.82, 2.24) is 10.6 Å². The second-order valence-corrected chi connectivity index (χ2v) is 13.0. The van der Waals surface area contributed by atoms with E-state index in [0.717, 1.165) is 30.7 Å². The Bertz CT molecular complexity index is 1460. The fraction of sp³-hybridized carbons (Fsp3) is 0.387. The summed E-state index contributed by atoms with van der Waals surface area (Å²) in [4.78, 5) is 13.6. The molecule has 3 aromatic rings. The summed E-state index contributed by atoms with van der Waals surface area (Å²) in [6, 6.07) is 11.3. The average molecular weight is 657 g/mol. The van der Waals surface area contributed by atoms with E-state index in [2.05, 4.69) is 16.0 Å². The van der Waals surface area contributed by atoms with Crippen molar-refractivity contribution in [2.24, 2.45) is 0 Å². The number of carbonyl (C=O) groups excluding carboxylic acids is 1. The number of aliphatic hydroxyl groups excluding tert-OH is 1. The Morgan fingerprint density at radius 3 is 2.40 bits per heavy atom. The highest BCUT2D eigenvalue weighted by Gasteiger charge is 2.31. The molecule has 1 saturated heterocycles. The summed E-state index contributed by atoms with van der Waals surface area (Å²) >= 11 is 0. The van der Waals surface area contributed by atoms with Crippen LogP contribution in [0.4, 0.5) is 33.3 Å². The highest BCUT2D eigenvalue weighted by Crippen LogP contribution is 2.50. The molecule has 45 heavy (non-hydrogen) atoms. The number of carbonyl (C=O) groups is 1. The van der Waals surface area contributed by atoms with E-state index in [-0.39, 0.29) is 36.4 Å². The van der Waals surface area contributed by atoms with Gasteiger partial charge in [-0.2, -0.15) is 13.2 Å². The highest BCUT2D eigenvalue weighted by atomic mass is 32.3. The first-order valence-electron chi connectivity index (χ1n) is 14.5. The molecule has 2 atom stereocenters. The molecule has 246 valence electrons. The number of anilines is 2. The normalized spacial score (nSPS) is 17.0. The second-order valence-electron chi connectivity index (χ2n) is 10.9. The van der Waals surface area contributed by atoms with Gasteiger partial charge in [-0.25, -0.2) is 8.78 Å². The van der Waals surface area contributed by atoms with Gasteiger partial charge < -0.3 is 21.1 Å². The Morgan fingerprint density at radius 2 is 1.73 bits per heavy atom. The van der Waals surface area contributed by atoms with Gasteiger partial charge in [0, 0.05) is 43.5 Å². The van der Waals surface area contributed by atoms with Crippen LogP contribution in [0.5, 0.6) is 0 Å². The first-order chi connectivity index (χ1) is 21.2. The molecule has 8 nitrogen and oxygen atoms in total. The minimum absolute atomic E-state index is 0.0213. The number of alkyl halides is 3. The number of amides is 1. The van der Waals surface area contributed by atoms with Crippen LogP contribution in [0.2, 0.25) is 0 Å². The monoisotopic (exact) mass is 656 g/mol. The molecule has 0 spiro atoms. The van der Waals surface area contributed by atoms with Crippen molar-refractivity contribution >= 4 is 28.1 Å². The molecule has 1 amide bonds. The number of benzene rings is 3. The fourth-order valence-corrected chi connectivity index (χ4v) is 6.86. The van der Waals surface area contributed by atoms with E-state index in [1.807, 2.05) is 6.92 Å². The molecule has 3 aromatic carbocycles. The van der Waals surface area contributed by atoms with Gasteiger partial charge in [-0.15, -0.1) is 10.8 Å². The number of hydrogen-bond acceptors (Lipinski definition) is 7. The first kappa shape index (κ1) is 34.4. The summed E-state index contributed by atoms with van der Waals surface area (Å²) in [5.41, 5.74) is 0.785. The van der Waals surface area contributed by atoms with E-state index in [4.69, 9.17) is 0 Å². The first-order valence-corrected chi connectivity index (χ1v) is 16.2. The van der Waals surface area contributed by atoms with E-state index in [1.54, 1.807) is 12.1 Å². The largest absolute Gasteiger partial charge is 0.416 e. The van der Waals surface area contributed by atoms with Crippen LogP contribution in [-0.4, -0.2) is 57.7 Å². The van der Waals surface area contributed by atoms with Crippen LogP contribution in [0.25, 0.3) is 0 Å². The van der Waals surface area contributed by atoms with E-state index in [1.165, 1.54) is 22.5 Å². The maximum atomic E-state index is 14.0. The zero-order chi connectivity index (χ0) is 32.8. The van der Waals surface area contributed by atoms with Crippen molar-refractivity contribution < 1.29 is 41.0 Å². The summed E-state index contributed by atoms with van der Waals surface area (Å²) in [6.07, 6.45) is -4.62. The van der Waals surface area contributed by atoms with Gasteiger partial charge in [-0.3, -0.25) is 18.2 Å². The van der Waals surface area contributed by atoms with E-state index in [0.29, 0.717) is 42.5 Å². The van der Waals surface area contributed by atoms with Crippen molar-refractivity contribution in [3.63, 3.8) is 0 Å². The predicted molar refractivity (Wildman–Crippen MR) is 165 cm³/mol. The molecule has 1 aliphatic rings. The number of halogens is 5. The van der Waals surface area contributed by atoms with Gasteiger partial charge in [0.15, 0.2) is 0 Å². The number of hydrogen-bond donors (Lipinski definition) is 6. The Hall–Kier alpha value is -3.43. The van der Waals surface area contributed by atoms with Crippen molar-refractivity contribution in [3.05, 3.63) is 94.6 Å². The van der Waals surface area contributed by atoms with Gasteiger partial charge in [-0.05, 0) is 73.7 Å². The standard InChI is InChI=1S/C31H37F5N4O4S/c1-2-38-26-14-22(15-27(17-26)40-8-3-4-9-45(40,43)44)30(42)39-28(13-21-11-24(32)16-25(33)12-21)29(41)19-37-18-20-6-5-7-23(10-20)31(34,35)36/h5-7,10-12,14-17,28-29,37-38,41,43-44H,2-4,8-9,13,18-19H2,1H3,(H,39,42). The van der Waals surface area contributed by atoms with Gasteiger partial charge in [0.05, 0.1) is 29.1 Å². The van der Waals surface area contributed by atoms with Gasteiger partial charge in [0.25, 0.3) is 5.91 Å². The minimum atomic E-state index is -4.51. The molecule has 1 aliphatic heterocycles. The average Bonchev–Trinajstić information content (AvgIpc) is 2.95. The van der Waals surface area contributed by atoms with Gasteiger partial charge in [0.1, 0.15) is 11.6 Å². The topological polar surface area (TPSA) is 117 Å². The van der Waals surface area contributed by atoms with Crippen LogP contribution in [0.3, 0.4) is 0 Å². The molecule has 14 heteroatoms. The van der Waals surface area contributed by atoms with Gasteiger partial charge in [0.2, 0.25) is 0 Å². The lowest BCUT2D eigenvalue weighted by Crippen LogP contribution is -2.48. The van der Waals surface area contributed by atoms with Gasteiger partial charge in [-0.1, -0.05) is 18.2 Å². The van der Waals surface area contributed by atoms with Gasteiger partial charge >= 0.3 is 6.18 Å². The summed E-state index contributed by atoms with van der Waals surface area (Å²) in [7, 11) is -3.09. The zero-order valence-corrected chi connectivity index (χ0v) is 25.4. The van der Waals surface area contributed by atoms with Crippen molar-refractivity contribution in [2.45, 2.75) is 51.1 Å². The molecule has 2 unspecified atom stereocenters. The lowest BCUT2D eigenvalue weighted by molar-refractivity contribution is -0.137. The SMILES string of the molecule is CCNc1cc(C(=O)NC(Cc2cc(F)cc(F)c2)C(O)CNCc2cccc(C(F)(F)F)c2)cc(N2CCCCS2(O)O)c1. The van der Waals surface area contributed by atoms with Crippen molar-refractivity contribution in [3.8, 4) is 0 Å². The molecule has 4 rings (SSSR count). The molecule has 0 saturated carbocycles. The van der Waals surface area contributed by atoms with E-state index >= 15 is 0 Å². The molecule has 0 radical (unpaired) electrons. The lowest BCUT2D eigenvalue weighted by atomic mass is 9.99. The molecular weight excluding hydrogens is 619 g/mol. The smallest absolute Gasteiger partial charge is 0.390 e. The highest BCUT2D eigenvalue weighted by molar-refractivity contribution is 8.25. The summed E-state index contributed by atoms with van der Waals surface area (Å²) < 4.78 is 90.1. The third-order valence-electron chi connectivity index (χ3n) is 7.33. The molecule has 0 aliphatic carbocycles. The van der Waals surface area contributed by atoms with Crippen LogP contribution in [0, 0.1) is 11.6 Å². The third-order valence-corrected chi connectivity index (χ3v) is 9.26. The lowest BCUT2D eigenvalue weighted by Gasteiger charge is -2.47. The summed E-state index contributed by atoms with van der Waals surface area (Å²) in [6.45, 7) is 2.56. The summed E-state index contributed by atoms with van der Waals surface area (Å²) in [5, 5.41) is 19.8. The number of nitrogens with one attached hydrogen (secondary N) is 3. The fourth-order valence-electron chi connectivity index (χ4n) is 5.18. The molecule has 6 N–H and O–H groups in total. The number of nitrogens with zero attached hydrogens (tertiary/aromatic N) is 1. The van der Waals surface area contributed by atoms with Crippen molar-refractivity contribution in [2.75, 3.05) is 35.0 Å². The predicted octanol–water partition coefficient (Wildman–Crippen LogP) is 6.17. The van der Waals surface area contributed by atoms with E-state index < -0.39 is 52.2 Å². The quantitative estimate of drug-likeness (QED) is 0.129. The maximum Gasteiger partial charge on any atom is 0.416 e. The van der Waals surface area contributed by atoms with Crippen molar-refractivity contribution in [1.29, 1.82) is 0 Å². The molecular formula is C31H37F5N4O4S. The van der Waals surface area contributed by atoms with Crippen LogP contribution in [0.1, 0.15) is 46.8 Å². The minimum Gasteiger partial charge on any atom is -0.390 e. The molecule has 0 bridgehead atoms. The molecule has 1 heterocycles. The Kier molecular flexibility index (Phi) is 11.3. The van der Waals surface area contributed by atoms with Crippen LogP contribution in [-0.2, 0) is 19.1 Å². The number of aliphatic hydroxyl groups is 1. The molecule has 1 fully saturated rings. The van der Waals surface area contributed by atoms with E-state index in [9.17, 15) is 41.0 Å². The second kappa shape index (κ2) is 14.8. The molecule has 0 aromatic heterocycles. The maximum absolute atomic E-state index is 14.0. The Labute approximate surface area is 260 Å². The third kappa shape index (κ3) is 9.53. The number of rotatable bonds is 12. The zero-order valence-electron chi connectivity index (χ0n) is 24.6. The van der Waals surface area contributed by atoms with Crippen LogP contribution in [0.15, 0.2) is 60.7 Å². The van der Waals surface area contributed by atoms with Crippen LogP contribution >= 0.6 is 10.8 Å².